The SMILES string of the molecule is Cc1cc(C)c2ncc(C#N)c(NC[C@@](C)(O)c3cnn(C)c3)c2c1. The summed E-state index contributed by atoms with van der Waals surface area (Å²) in [4.78, 5) is 4.42. The van der Waals surface area contributed by atoms with Gasteiger partial charge in [-0.2, -0.15) is 10.4 Å². The van der Waals surface area contributed by atoms with Gasteiger partial charge < -0.3 is 10.4 Å². The molecule has 0 aliphatic carbocycles. The topological polar surface area (TPSA) is 86.8 Å². The summed E-state index contributed by atoms with van der Waals surface area (Å²) in [6, 6.07) is 6.26. The molecule has 0 spiro atoms. The second-order valence-corrected chi connectivity index (χ2v) is 6.67. The molecule has 25 heavy (non-hydrogen) atoms. The zero-order valence-corrected chi connectivity index (χ0v) is 14.8. The number of aliphatic hydroxyl groups is 1. The van der Waals surface area contributed by atoms with Crippen LogP contribution in [0.4, 0.5) is 5.69 Å². The van der Waals surface area contributed by atoms with Crippen molar-refractivity contribution < 1.29 is 5.11 Å². The van der Waals surface area contributed by atoms with Crippen LogP contribution in [-0.4, -0.2) is 26.4 Å². The van der Waals surface area contributed by atoms with Crippen molar-refractivity contribution in [2.75, 3.05) is 11.9 Å². The Bertz CT molecular complexity index is 981. The summed E-state index contributed by atoms with van der Waals surface area (Å²) in [6.45, 7) is 5.99. The summed E-state index contributed by atoms with van der Waals surface area (Å²) in [6.07, 6.45) is 5.00. The number of hydrogen-bond donors (Lipinski definition) is 2. The second kappa shape index (κ2) is 6.19. The number of aromatic nitrogens is 3. The zero-order valence-electron chi connectivity index (χ0n) is 14.8. The van der Waals surface area contributed by atoms with Crippen LogP contribution in [0.15, 0.2) is 30.7 Å². The molecule has 128 valence electrons. The first-order valence-corrected chi connectivity index (χ1v) is 8.07. The molecule has 2 N–H and O–H groups in total. The van der Waals surface area contributed by atoms with E-state index in [0.717, 1.165) is 22.0 Å². The first-order chi connectivity index (χ1) is 11.8. The third kappa shape index (κ3) is 3.19. The minimum absolute atomic E-state index is 0.249. The molecule has 6 nitrogen and oxygen atoms in total. The molecule has 3 aromatic rings. The number of pyridine rings is 1. The van der Waals surface area contributed by atoms with Crippen LogP contribution >= 0.6 is 0 Å². The standard InChI is InChI=1S/C19H21N5O/c1-12-5-13(2)17-16(6-12)18(14(7-20)8-21-17)22-11-19(3,25)15-9-23-24(4)10-15/h5-6,8-10,25H,11H2,1-4H3,(H,21,22)/t19-/m1/s1. The van der Waals surface area contributed by atoms with Crippen molar-refractivity contribution in [3.05, 3.63) is 53.0 Å². The molecule has 1 atom stereocenters. The molecule has 0 fully saturated rings. The Morgan fingerprint density at radius 1 is 1.32 bits per heavy atom. The van der Waals surface area contributed by atoms with E-state index in [4.69, 9.17) is 0 Å². The van der Waals surface area contributed by atoms with Crippen LogP contribution in [0.3, 0.4) is 0 Å². The fraction of sp³-hybridized carbons (Fsp3) is 0.316. The van der Waals surface area contributed by atoms with Crippen molar-refractivity contribution in [3.8, 4) is 6.07 Å². The first kappa shape index (κ1) is 16.9. The third-order valence-electron chi connectivity index (χ3n) is 4.36. The van der Waals surface area contributed by atoms with Gasteiger partial charge in [-0.3, -0.25) is 9.67 Å². The van der Waals surface area contributed by atoms with E-state index in [0.29, 0.717) is 16.8 Å². The van der Waals surface area contributed by atoms with Crippen LogP contribution in [0.25, 0.3) is 10.9 Å². The molecule has 0 unspecified atom stereocenters. The number of nitrogens with one attached hydrogen (secondary N) is 1. The third-order valence-corrected chi connectivity index (χ3v) is 4.36. The van der Waals surface area contributed by atoms with Gasteiger partial charge in [0.05, 0.1) is 23.0 Å². The van der Waals surface area contributed by atoms with Crippen molar-refractivity contribution >= 4 is 16.6 Å². The molecular weight excluding hydrogens is 314 g/mol. The number of rotatable bonds is 4. The Labute approximate surface area is 146 Å². The van der Waals surface area contributed by atoms with Gasteiger partial charge in [0, 0.05) is 36.9 Å². The summed E-state index contributed by atoms with van der Waals surface area (Å²) >= 11 is 0. The van der Waals surface area contributed by atoms with Gasteiger partial charge in [-0.1, -0.05) is 11.6 Å². The Kier molecular flexibility index (Phi) is 4.19. The van der Waals surface area contributed by atoms with Gasteiger partial charge in [-0.05, 0) is 32.4 Å². The van der Waals surface area contributed by atoms with E-state index < -0.39 is 5.60 Å². The van der Waals surface area contributed by atoms with Gasteiger partial charge in [0.25, 0.3) is 0 Å². The van der Waals surface area contributed by atoms with Crippen LogP contribution < -0.4 is 5.32 Å². The first-order valence-electron chi connectivity index (χ1n) is 8.07. The molecule has 0 saturated heterocycles. The molecule has 0 aliphatic rings. The molecular formula is C19H21N5O. The number of fused-ring (bicyclic) bond motifs is 1. The zero-order chi connectivity index (χ0) is 18.2. The maximum Gasteiger partial charge on any atom is 0.107 e. The van der Waals surface area contributed by atoms with E-state index in [1.807, 2.05) is 27.0 Å². The van der Waals surface area contributed by atoms with Crippen molar-refractivity contribution in [2.45, 2.75) is 26.4 Å². The molecule has 2 aromatic heterocycles. The molecule has 3 rings (SSSR count). The smallest absolute Gasteiger partial charge is 0.107 e. The quantitative estimate of drug-likeness (QED) is 0.765. The number of anilines is 1. The lowest BCUT2D eigenvalue weighted by atomic mass is 9.98. The van der Waals surface area contributed by atoms with Crippen molar-refractivity contribution in [3.63, 3.8) is 0 Å². The number of nitrogens with zero attached hydrogens (tertiary/aromatic N) is 4. The summed E-state index contributed by atoms with van der Waals surface area (Å²) in [5.74, 6) is 0. The van der Waals surface area contributed by atoms with Crippen LogP contribution in [0.5, 0.6) is 0 Å². The van der Waals surface area contributed by atoms with E-state index in [1.165, 1.54) is 0 Å². The van der Waals surface area contributed by atoms with E-state index in [9.17, 15) is 10.4 Å². The summed E-state index contributed by atoms with van der Waals surface area (Å²) in [5.41, 5.74) is 3.77. The molecule has 0 radical (unpaired) electrons. The molecule has 0 aliphatic heterocycles. The van der Waals surface area contributed by atoms with E-state index in [2.05, 4.69) is 27.5 Å². The van der Waals surface area contributed by atoms with E-state index in [1.54, 1.807) is 30.2 Å². The van der Waals surface area contributed by atoms with Crippen molar-refractivity contribution in [2.24, 2.45) is 7.05 Å². The van der Waals surface area contributed by atoms with E-state index in [-0.39, 0.29) is 6.54 Å². The number of hydrogen-bond acceptors (Lipinski definition) is 5. The summed E-state index contributed by atoms with van der Waals surface area (Å²) in [5, 5.41) is 28.5. The Hall–Kier alpha value is -2.91. The minimum atomic E-state index is -1.12. The van der Waals surface area contributed by atoms with Crippen molar-refractivity contribution in [1.82, 2.24) is 14.8 Å². The average Bonchev–Trinajstić information content (AvgIpc) is 2.99. The molecule has 0 amide bonds. The van der Waals surface area contributed by atoms with Crippen molar-refractivity contribution in [1.29, 1.82) is 5.26 Å². The predicted molar refractivity (Wildman–Crippen MR) is 97.2 cm³/mol. The van der Waals surface area contributed by atoms with Crippen LogP contribution in [-0.2, 0) is 12.6 Å². The lowest BCUT2D eigenvalue weighted by molar-refractivity contribution is 0.0715. The van der Waals surface area contributed by atoms with Crippen LogP contribution in [0.1, 0.15) is 29.2 Å². The number of aryl methyl sites for hydroxylation is 3. The molecule has 2 heterocycles. The monoisotopic (exact) mass is 335 g/mol. The van der Waals surface area contributed by atoms with Gasteiger partial charge in [-0.15, -0.1) is 0 Å². The fourth-order valence-corrected chi connectivity index (χ4v) is 3.00. The largest absolute Gasteiger partial charge is 0.383 e. The van der Waals surface area contributed by atoms with Gasteiger partial charge >= 0.3 is 0 Å². The van der Waals surface area contributed by atoms with Crippen LogP contribution in [0.2, 0.25) is 0 Å². The highest BCUT2D eigenvalue weighted by molar-refractivity contribution is 5.96. The number of nitriles is 1. The maximum atomic E-state index is 10.8. The second-order valence-electron chi connectivity index (χ2n) is 6.67. The fourth-order valence-electron chi connectivity index (χ4n) is 3.00. The highest BCUT2D eigenvalue weighted by atomic mass is 16.3. The molecule has 0 saturated carbocycles. The van der Waals surface area contributed by atoms with Gasteiger partial charge in [0.15, 0.2) is 0 Å². The average molecular weight is 335 g/mol. The van der Waals surface area contributed by atoms with E-state index >= 15 is 0 Å². The highest BCUT2D eigenvalue weighted by Crippen LogP contribution is 2.30. The van der Waals surface area contributed by atoms with Gasteiger partial charge in [0.1, 0.15) is 11.7 Å². The Balaban J connectivity index is 2.02. The minimum Gasteiger partial charge on any atom is -0.383 e. The highest BCUT2D eigenvalue weighted by Gasteiger charge is 2.25. The molecule has 0 bridgehead atoms. The number of benzene rings is 1. The predicted octanol–water partition coefficient (Wildman–Crippen LogP) is 2.78. The normalized spacial score (nSPS) is 13.4. The lowest BCUT2D eigenvalue weighted by Crippen LogP contribution is -2.30. The molecule has 1 aromatic carbocycles. The van der Waals surface area contributed by atoms with Gasteiger partial charge in [-0.25, -0.2) is 0 Å². The van der Waals surface area contributed by atoms with Gasteiger partial charge in [0.2, 0.25) is 0 Å². The summed E-state index contributed by atoms with van der Waals surface area (Å²) < 4.78 is 1.65. The van der Waals surface area contributed by atoms with Crippen LogP contribution in [0, 0.1) is 25.2 Å². The summed E-state index contributed by atoms with van der Waals surface area (Å²) in [7, 11) is 1.81. The molecule has 6 heteroatoms. The lowest BCUT2D eigenvalue weighted by Gasteiger charge is -2.24. The Morgan fingerprint density at radius 3 is 2.72 bits per heavy atom. The Morgan fingerprint density at radius 2 is 2.08 bits per heavy atom. The maximum absolute atomic E-state index is 10.8.